The van der Waals surface area contributed by atoms with Crippen LogP contribution < -0.4 is 5.32 Å². The molecule has 14 heavy (non-hydrogen) atoms. The molecule has 2 rings (SSSR count). The molecule has 2 aliphatic heterocycles. The SMILES string of the molecule is CN1CCCC1CCC1CCNCC1. The van der Waals surface area contributed by atoms with E-state index in [4.69, 9.17) is 0 Å². The van der Waals surface area contributed by atoms with E-state index >= 15 is 0 Å². The molecule has 82 valence electrons. The van der Waals surface area contributed by atoms with Crippen LogP contribution in [0, 0.1) is 5.92 Å². The van der Waals surface area contributed by atoms with Gasteiger partial charge in [-0.25, -0.2) is 0 Å². The number of hydrogen-bond donors (Lipinski definition) is 1. The molecule has 1 N–H and O–H groups in total. The van der Waals surface area contributed by atoms with Crippen LogP contribution >= 0.6 is 0 Å². The predicted octanol–water partition coefficient (Wildman–Crippen LogP) is 1.86. The van der Waals surface area contributed by atoms with Crippen molar-refractivity contribution in [3.8, 4) is 0 Å². The van der Waals surface area contributed by atoms with E-state index < -0.39 is 0 Å². The summed E-state index contributed by atoms with van der Waals surface area (Å²) in [5.74, 6) is 1.02. The summed E-state index contributed by atoms with van der Waals surface area (Å²) in [7, 11) is 2.29. The minimum atomic E-state index is 0.907. The molecule has 0 aromatic heterocycles. The lowest BCUT2D eigenvalue weighted by molar-refractivity contribution is 0.259. The summed E-state index contributed by atoms with van der Waals surface area (Å²) in [6.45, 7) is 3.84. The highest BCUT2D eigenvalue weighted by molar-refractivity contribution is 4.78. The van der Waals surface area contributed by atoms with E-state index in [0.717, 1.165) is 12.0 Å². The third-order valence-electron chi connectivity index (χ3n) is 4.04. The van der Waals surface area contributed by atoms with Gasteiger partial charge in [-0.1, -0.05) is 0 Å². The van der Waals surface area contributed by atoms with E-state index in [1.54, 1.807) is 0 Å². The number of nitrogens with one attached hydrogen (secondary N) is 1. The van der Waals surface area contributed by atoms with Gasteiger partial charge in [0.2, 0.25) is 0 Å². The number of likely N-dealkylation sites (tertiary alicyclic amines) is 1. The molecule has 0 aliphatic carbocycles. The second-order valence-corrected chi connectivity index (χ2v) is 5.05. The van der Waals surface area contributed by atoms with Gasteiger partial charge in [0.15, 0.2) is 0 Å². The lowest BCUT2D eigenvalue weighted by Gasteiger charge is -2.25. The smallest absolute Gasteiger partial charge is 0.00927 e. The Kier molecular flexibility index (Phi) is 3.82. The second kappa shape index (κ2) is 5.13. The highest BCUT2D eigenvalue weighted by Crippen LogP contribution is 2.24. The standard InChI is InChI=1S/C12H24N2/c1-14-10-2-3-12(14)5-4-11-6-8-13-9-7-11/h11-13H,2-10H2,1H3. The first-order valence-corrected chi connectivity index (χ1v) is 6.27. The Labute approximate surface area is 88.1 Å². The molecular formula is C12H24N2. The van der Waals surface area contributed by atoms with Crippen molar-refractivity contribution < 1.29 is 0 Å². The third-order valence-corrected chi connectivity index (χ3v) is 4.04. The molecule has 2 fully saturated rings. The van der Waals surface area contributed by atoms with Crippen molar-refractivity contribution in [1.82, 2.24) is 10.2 Å². The molecule has 0 saturated carbocycles. The predicted molar refractivity (Wildman–Crippen MR) is 60.5 cm³/mol. The monoisotopic (exact) mass is 196 g/mol. The number of rotatable bonds is 3. The molecule has 0 radical (unpaired) electrons. The molecule has 0 aromatic rings. The summed E-state index contributed by atoms with van der Waals surface area (Å²) in [5, 5.41) is 3.44. The van der Waals surface area contributed by atoms with E-state index in [2.05, 4.69) is 17.3 Å². The van der Waals surface area contributed by atoms with Crippen LogP contribution in [0.5, 0.6) is 0 Å². The second-order valence-electron chi connectivity index (χ2n) is 5.05. The van der Waals surface area contributed by atoms with Gasteiger partial charge in [-0.3, -0.25) is 0 Å². The summed E-state index contributed by atoms with van der Waals surface area (Å²) in [6.07, 6.45) is 8.61. The molecule has 2 nitrogen and oxygen atoms in total. The zero-order valence-corrected chi connectivity index (χ0v) is 9.47. The maximum Gasteiger partial charge on any atom is 0.00927 e. The highest BCUT2D eigenvalue weighted by Gasteiger charge is 2.22. The maximum absolute atomic E-state index is 3.44. The fourth-order valence-electron chi connectivity index (χ4n) is 2.94. The van der Waals surface area contributed by atoms with E-state index in [9.17, 15) is 0 Å². The Morgan fingerprint density at radius 2 is 1.93 bits per heavy atom. The van der Waals surface area contributed by atoms with Crippen molar-refractivity contribution in [1.29, 1.82) is 0 Å². The maximum atomic E-state index is 3.44. The molecular weight excluding hydrogens is 172 g/mol. The zero-order valence-electron chi connectivity index (χ0n) is 9.47. The van der Waals surface area contributed by atoms with Gasteiger partial charge in [0.25, 0.3) is 0 Å². The van der Waals surface area contributed by atoms with E-state index in [1.807, 2.05) is 0 Å². The van der Waals surface area contributed by atoms with Gasteiger partial charge in [0, 0.05) is 6.04 Å². The fourth-order valence-corrected chi connectivity index (χ4v) is 2.94. The third kappa shape index (κ3) is 2.71. The van der Waals surface area contributed by atoms with E-state index in [-0.39, 0.29) is 0 Å². The topological polar surface area (TPSA) is 15.3 Å². The number of hydrogen-bond acceptors (Lipinski definition) is 2. The average molecular weight is 196 g/mol. The molecule has 1 unspecified atom stereocenters. The van der Waals surface area contributed by atoms with Crippen LogP contribution in [0.2, 0.25) is 0 Å². The first kappa shape index (κ1) is 10.4. The van der Waals surface area contributed by atoms with Gasteiger partial charge in [-0.15, -0.1) is 0 Å². The largest absolute Gasteiger partial charge is 0.317 e. The van der Waals surface area contributed by atoms with Crippen LogP contribution in [0.1, 0.15) is 38.5 Å². The zero-order chi connectivity index (χ0) is 9.80. The molecule has 1 atom stereocenters. The molecule has 2 aliphatic rings. The number of nitrogens with zero attached hydrogens (tertiary/aromatic N) is 1. The summed E-state index contributed by atoms with van der Waals surface area (Å²) in [4.78, 5) is 2.56. The van der Waals surface area contributed by atoms with Gasteiger partial charge in [-0.2, -0.15) is 0 Å². The van der Waals surface area contributed by atoms with Crippen molar-refractivity contribution in [3.63, 3.8) is 0 Å². The van der Waals surface area contributed by atoms with Gasteiger partial charge in [0.05, 0.1) is 0 Å². The van der Waals surface area contributed by atoms with Crippen molar-refractivity contribution in [2.75, 3.05) is 26.7 Å². The minimum absolute atomic E-state index is 0.907. The summed E-state index contributed by atoms with van der Waals surface area (Å²) >= 11 is 0. The first-order valence-electron chi connectivity index (χ1n) is 6.27. The lowest BCUT2D eigenvalue weighted by Crippen LogP contribution is -2.30. The van der Waals surface area contributed by atoms with Crippen molar-refractivity contribution in [2.45, 2.75) is 44.6 Å². The molecule has 2 heterocycles. The minimum Gasteiger partial charge on any atom is -0.317 e. The Hall–Kier alpha value is -0.0800. The van der Waals surface area contributed by atoms with Crippen LogP contribution in [-0.2, 0) is 0 Å². The van der Waals surface area contributed by atoms with Gasteiger partial charge < -0.3 is 10.2 Å². The summed E-state index contributed by atoms with van der Waals surface area (Å²) < 4.78 is 0. The lowest BCUT2D eigenvalue weighted by atomic mass is 9.91. The summed E-state index contributed by atoms with van der Waals surface area (Å²) in [6, 6.07) is 0.907. The Morgan fingerprint density at radius 1 is 1.14 bits per heavy atom. The Balaban J connectivity index is 1.65. The highest BCUT2D eigenvalue weighted by atomic mass is 15.1. The van der Waals surface area contributed by atoms with E-state index in [1.165, 1.54) is 58.2 Å². The van der Waals surface area contributed by atoms with Crippen LogP contribution in [0.4, 0.5) is 0 Å². The van der Waals surface area contributed by atoms with Gasteiger partial charge in [-0.05, 0) is 71.1 Å². The molecule has 0 amide bonds. The van der Waals surface area contributed by atoms with Gasteiger partial charge >= 0.3 is 0 Å². The van der Waals surface area contributed by atoms with E-state index in [0.29, 0.717) is 0 Å². The Bertz CT molecular complexity index is 164. The Morgan fingerprint density at radius 3 is 2.57 bits per heavy atom. The normalized spacial score (nSPS) is 31.1. The average Bonchev–Trinajstić information content (AvgIpc) is 2.63. The fraction of sp³-hybridized carbons (Fsp3) is 1.00. The van der Waals surface area contributed by atoms with Gasteiger partial charge in [0.1, 0.15) is 0 Å². The van der Waals surface area contributed by atoms with Crippen LogP contribution in [0.3, 0.4) is 0 Å². The van der Waals surface area contributed by atoms with Crippen LogP contribution in [0.25, 0.3) is 0 Å². The quantitative estimate of drug-likeness (QED) is 0.741. The van der Waals surface area contributed by atoms with Crippen LogP contribution in [-0.4, -0.2) is 37.6 Å². The van der Waals surface area contributed by atoms with Crippen molar-refractivity contribution in [2.24, 2.45) is 5.92 Å². The molecule has 0 bridgehead atoms. The van der Waals surface area contributed by atoms with Crippen molar-refractivity contribution >= 4 is 0 Å². The van der Waals surface area contributed by atoms with Crippen molar-refractivity contribution in [3.05, 3.63) is 0 Å². The molecule has 2 heteroatoms. The molecule has 2 saturated heterocycles. The molecule has 0 spiro atoms. The first-order chi connectivity index (χ1) is 6.86. The van der Waals surface area contributed by atoms with Crippen LogP contribution in [0.15, 0.2) is 0 Å². The summed E-state index contributed by atoms with van der Waals surface area (Å²) in [5.41, 5.74) is 0. The number of piperidine rings is 1. The molecule has 0 aromatic carbocycles.